The van der Waals surface area contributed by atoms with Crippen molar-refractivity contribution in [1.29, 1.82) is 0 Å². The smallest absolute Gasteiger partial charge is 0.0423 e. The second-order valence-corrected chi connectivity index (χ2v) is 5.91. The predicted molar refractivity (Wildman–Crippen MR) is 66.8 cm³/mol. The molecule has 1 saturated carbocycles. The third kappa shape index (κ3) is 2.49. The van der Waals surface area contributed by atoms with Gasteiger partial charge in [0.2, 0.25) is 0 Å². The van der Waals surface area contributed by atoms with E-state index in [1.807, 2.05) is 0 Å². The fourth-order valence-corrected chi connectivity index (χ4v) is 2.93. The van der Waals surface area contributed by atoms with E-state index in [9.17, 15) is 0 Å². The maximum absolute atomic E-state index is 6.04. The van der Waals surface area contributed by atoms with Crippen LogP contribution < -0.4 is 0 Å². The summed E-state index contributed by atoms with van der Waals surface area (Å²) in [7, 11) is 0. The van der Waals surface area contributed by atoms with Gasteiger partial charge in [0.1, 0.15) is 0 Å². The van der Waals surface area contributed by atoms with Crippen LogP contribution in [0.1, 0.15) is 38.7 Å². The van der Waals surface area contributed by atoms with E-state index in [2.05, 4.69) is 26.0 Å². The SMILES string of the molecule is CC(C)CC1(c2cc(Cl)cc(Cl)c2)CC1. The summed E-state index contributed by atoms with van der Waals surface area (Å²) < 4.78 is 0. The standard InChI is InChI=1S/C13H16Cl2/c1-9(2)8-13(3-4-13)10-5-11(14)7-12(15)6-10/h5-7,9H,3-4,8H2,1-2H3. The minimum absolute atomic E-state index is 0.378. The molecular formula is C13H16Cl2. The molecule has 0 saturated heterocycles. The van der Waals surface area contributed by atoms with E-state index in [4.69, 9.17) is 23.2 Å². The molecule has 0 amide bonds. The number of hydrogen-bond acceptors (Lipinski definition) is 0. The van der Waals surface area contributed by atoms with Gasteiger partial charge >= 0.3 is 0 Å². The van der Waals surface area contributed by atoms with Crippen molar-refractivity contribution in [3.8, 4) is 0 Å². The highest BCUT2D eigenvalue weighted by atomic mass is 35.5. The Hall–Kier alpha value is -0.200. The van der Waals surface area contributed by atoms with Crippen LogP contribution in [0, 0.1) is 5.92 Å². The summed E-state index contributed by atoms with van der Waals surface area (Å²) in [5, 5.41) is 1.51. The second kappa shape index (κ2) is 3.99. The van der Waals surface area contributed by atoms with E-state index in [0.29, 0.717) is 5.41 Å². The molecule has 1 aliphatic rings. The molecule has 0 atom stereocenters. The summed E-state index contributed by atoms with van der Waals surface area (Å²) in [5.74, 6) is 0.727. The van der Waals surface area contributed by atoms with Crippen LogP contribution in [-0.4, -0.2) is 0 Å². The van der Waals surface area contributed by atoms with Crippen molar-refractivity contribution in [3.05, 3.63) is 33.8 Å². The van der Waals surface area contributed by atoms with Crippen molar-refractivity contribution in [2.45, 2.75) is 38.5 Å². The number of rotatable bonds is 3. The first-order valence-corrected chi connectivity index (χ1v) is 6.24. The Kier molecular flexibility index (Phi) is 3.00. The van der Waals surface area contributed by atoms with Gasteiger partial charge in [0.15, 0.2) is 0 Å². The highest BCUT2D eigenvalue weighted by molar-refractivity contribution is 6.34. The molecule has 2 rings (SSSR count). The normalized spacial score (nSPS) is 18.2. The lowest BCUT2D eigenvalue weighted by molar-refractivity contribution is 0.487. The van der Waals surface area contributed by atoms with Gasteiger partial charge in [-0.1, -0.05) is 37.0 Å². The lowest BCUT2D eigenvalue weighted by Crippen LogP contribution is -2.10. The van der Waals surface area contributed by atoms with E-state index in [1.165, 1.54) is 24.8 Å². The topological polar surface area (TPSA) is 0 Å². The molecule has 0 spiro atoms. The zero-order valence-electron chi connectivity index (χ0n) is 9.19. The molecule has 0 radical (unpaired) electrons. The fraction of sp³-hybridized carbons (Fsp3) is 0.538. The Balaban J connectivity index is 2.29. The zero-order valence-corrected chi connectivity index (χ0v) is 10.7. The van der Waals surface area contributed by atoms with Crippen molar-refractivity contribution in [2.75, 3.05) is 0 Å². The summed E-state index contributed by atoms with van der Waals surface area (Å²) in [5.41, 5.74) is 1.71. The van der Waals surface area contributed by atoms with Crippen molar-refractivity contribution in [1.82, 2.24) is 0 Å². The number of halogens is 2. The Morgan fingerprint density at radius 3 is 2.07 bits per heavy atom. The molecule has 1 aliphatic carbocycles. The van der Waals surface area contributed by atoms with Crippen LogP contribution in [0.3, 0.4) is 0 Å². The summed E-state index contributed by atoms with van der Waals surface area (Å²) in [6.45, 7) is 4.54. The van der Waals surface area contributed by atoms with E-state index >= 15 is 0 Å². The molecule has 0 nitrogen and oxygen atoms in total. The molecule has 82 valence electrons. The van der Waals surface area contributed by atoms with Crippen LogP contribution in [0.5, 0.6) is 0 Å². The van der Waals surface area contributed by atoms with Gasteiger partial charge in [-0.25, -0.2) is 0 Å². The van der Waals surface area contributed by atoms with Gasteiger partial charge in [0.25, 0.3) is 0 Å². The molecule has 2 heteroatoms. The summed E-state index contributed by atoms with van der Waals surface area (Å²) in [4.78, 5) is 0. The van der Waals surface area contributed by atoms with Crippen LogP contribution in [-0.2, 0) is 5.41 Å². The van der Waals surface area contributed by atoms with Crippen molar-refractivity contribution in [2.24, 2.45) is 5.92 Å². The van der Waals surface area contributed by atoms with Gasteiger partial charge in [0.05, 0.1) is 0 Å². The molecule has 0 bridgehead atoms. The van der Waals surface area contributed by atoms with Crippen LogP contribution >= 0.6 is 23.2 Å². The quantitative estimate of drug-likeness (QED) is 0.695. The van der Waals surface area contributed by atoms with E-state index in [0.717, 1.165) is 16.0 Å². The second-order valence-electron chi connectivity index (χ2n) is 5.04. The molecular weight excluding hydrogens is 227 g/mol. The minimum Gasteiger partial charge on any atom is -0.0843 e. The Bertz CT molecular complexity index is 345. The molecule has 1 aromatic carbocycles. The third-order valence-electron chi connectivity index (χ3n) is 3.13. The minimum atomic E-state index is 0.378. The monoisotopic (exact) mass is 242 g/mol. The highest BCUT2D eigenvalue weighted by Crippen LogP contribution is 2.53. The van der Waals surface area contributed by atoms with Crippen LogP contribution in [0.25, 0.3) is 0 Å². The molecule has 0 N–H and O–H groups in total. The Morgan fingerprint density at radius 1 is 1.13 bits per heavy atom. The maximum Gasteiger partial charge on any atom is 0.0423 e. The van der Waals surface area contributed by atoms with Crippen molar-refractivity contribution < 1.29 is 0 Å². The highest BCUT2D eigenvalue weighted by Gasteiger charge is 2.44. The van der Waals surface area contributed by atoms with Gasteiger partial charge in [0, 0.05) is 10.0 Å². The molecule has 0 heterocycles. The predicted octanol–water partition coefficient (Wildman–Crippen LogP) is 5.07. The van der Waals surface area contributed by atoms with Crippen LogP contribution in [0.4, 0.5) is 0 Å². The van der Waals surface area contributed by atoms with Gasteiger partial charge in [-0.15, -0.1) is 0 Å². The average molecular weight is 243 g/mol. The van der Waals surface area contributed by atoms with Gasteiger partial charge in [-0.2, -0.15) is 0 Å². The number of benzene rings is 1. The van der Waals surface area contributed by atoms with Crippen molar-refractivity contribution >= 4 is 23.2 Å². The van der Waals surface area contributed by atoms with Crippen LogP contribution in [0.2, 0.25) is 10.0 Å². The average Bonchev–Trinajstić information content (AvgIpc) is 2.82. The lowest BCUT2D eigenvalue weighted by Gasteiger charge is -2.18. The zero-order chi connectivity index (χ0) is 11.1. The van der Waals surface area contributed by atoms with Gasteiger partial charge < -0.3 is 0 Å². The third-order valence-corrected chi connectivity index (χ3v) is 3.56. The molecule has 1 aromatic rings. The van der Waals surface area contributed by atoms with Gasteiger partial charge in [-0.3, -0.25) is 0 Å². The van der Waals surface area contributed by atoms with Crippen molar-refractivity contribution in [3.63, 3.8) is 0 Å². The Labute approximate surface area is 102 Å². The van der Waals surface area contributed by atoms with Crippen LogP contribution in [0.15, 0.2) is 18.2 Å². The summed E-state index contributed by atoms with van der Waals surface area (Å²) in [6.07, 6.45) is 3.80. The largest absolute Gasteiger partial charge is 0.0843 e. The summed E-state index contributed by atoms with van der Waals surface area (Å²) in [6, 6.07) is 5.95. The molecule has 0 unspecified atom stereocenters. The summed E-state index contributed by atoms with van der Waals surface area (Å²) >= 11 is 12.1. The Morgan fingerprint density at radius 2 is 1.67 bits per heavy atom. The molecule has 1 fully saturated rings. The molecule has 0 aliphatic heterocycles. The number of hydrogen-bond donors (Lipinski definition) is 0. The maximum atomic E-state index is 6.04. The molecule has 15 heavy (non-hydrogen) atoms. The lowest BCUT2D eigenvalue weighted by atomic mass is 9.87. The van der Waals surface area contributed by atoms with E-state index < -0.39 is 0 Å². The first-order chi connectivity index (χ1) is 7.02. The first kappa shape index (κ1) is 11.3. The van der Waals surface area contributed by atoms with Gasteiger partial charge in [-0.05, 0) is 54.4 Å². The van der Waals surface area contributed by atoms with E-state index in [1.54, 1.807) is 6.07 Å². The fourth-order valence-electron chi connectivity index (χ4n) is 2.40. The molecule has 0 aromatic heterocycles. The van der Waals surface area contributed by atoms with E-state index in [-0.39, 0.29) is 0 Å². The first-order valence-electron chi connectivity index (χ1n) is 5.48.